The molecule has 100 valence electrons. The monoisotopic (exact) mass is 387 g/mol. The summed E-state index contributed by atoms with van der Waals surface area (Å²) >= 11 is 6.23. The lowest BCUT2D eigenvalue weighted by Gasteiger charge is -2.17. The molecule has 0 fully saturated rings. The summed E-state index contributed by atoms with van der Waals surface area (Å²) in [4.78, 5) is 11.7. The zero-order valence-electron chi connectivity index (χ0n) is 9.53. The standard InChI is InChI=1S/C11H10Br2F3NO/c1-10(2,13)9(18)17-8-5-6(11(14,15)16)3-4-7(8)12/h3-5H,1-2H3,(H,17,18). The summed E-state index contributed by atoms with van der Waals surface area (Å²) in [5.41, 5.74) is -0.726. The van der Waals surface area contributed by atoms with Gasteiger partial charge >= 0.3 is 6.18 Å². The van der Waals surface area contributed by atoms with Crippen molar-refractivity contribution in [2.75, 3.05) is 5.32 Å². The van der Waals surface area contributed by atoms with Crippen molar-refractivity contribution in [3.63, 3.8) is 0 Å². The molecule has 1 aromatic carbocycles. The number of rotatable bonds is 2. The van der Waals surface area contributed by atoms with E-state index in [1.807, 2.05) is 0 Å². The van der Waals surface area contributed by atoms with Crippen LogP contribution in [0.2, 0.25) is 0 Å². The molecule has 0 aliphatic rings. The fraction of sp³-hybridized carbons (Fsp3) is 0.364. The van der Waals surface area contributed by atoms with Gasteiger partial charge in [0.25, 0.3) is 0 Å². The zero-order valence-corrected chi connectivity index (χ0v) is 12.7. The van der Waals surface area contributed by atoms with E-state index in [1.165, 1.54) is 6.07 Å². The number of alkyl halides is 4. The predicted molar refractivity (Wildman–Crippen MR) is 70.8 cm³/mol. The summed E-state index contributed by atoms with van der Waals surface area (Å²) in [6.45, 7) is 3.20. The lowest BCUT2D eigenvalue weighted by Crippen LogP contribution is -2.31. The van der Waals surface area contributed by atoms with Gasteiger partial charge in [-0.15, -0.1) is 0 Å². The molecule has 1 amide bonds. The van der Waals surface area contributed by atoms with E-state index in [-0.39, 0.29) is 5.69 Å². The highest BCUT2D eigenvalue weighted by molar-refractivity contribution is 9.10. The number of halogens is 5. The van der Waals surface area contributed by atoms with E-state index in [4.69, 9.17) is 0 Å². The lowest BCUT2D eigenvalue weighted by molar-refractivity contribution is -0.137. The first-order chi connectivity index (χ1) is 8.01. The van der Waals surface area contributed by atoms with Crippen LogP contribution in [-0.2, 0) is 11.0 Å². The SMILES string of the molecule is CC(C)(Br)C(=O)Nc1cc(C(F)(F)F)ccc1Br. The second kappa shape index (κ2) is 5.21. The van der Waals surface area contributed by atoms with Crippen molar-refractivity contribution >= 4 is 43.5 Å². The van der Waals surface area contributed by atoms with Crippen molar-refractivity contribution in [2.45, 2.75) is 24.3 Å². The molecule has 1 N–H and O–H groups in total. The molecule has 0 unspecified atom stereocenters. The maximum absolute atomic E-state index is 12.5. The predicted octanol–water partition coefficient (Wildman–Crippen LogP) is 4.58. The molecule has 1 aromatic rings. The maximum atomic E-state index is 12.5. The minimum Gasteiger partial charge on any atom is -0.324 e. The zero-order chi connectivity index (χ0) is 14.1. The molecule has 0 saturated heterocycles. The Hall–Kier alpha value is -0.560. The van der Waals surface area contributed by atoms with Crippen LogP contribution < -0.4 is 5.32 Å². The van der Waals surface area contributed by atoms with Crippen LogP contribution in [0.25, 0.3) is 0 Å². The van der Waals surface area contributed by atoms with Crippen LogP contribution in [0.4, 0.5) is 18.9 Å². The van der Waals surface area contributed by atoms with Crippen molar-refractivity contribution in [2.24, 2.45) is 0 Å². The van der Waals surface area contributed by atoms with Crippen LogP contribution in [0.5, 0.6) is 0 Å². The highest BCUT2D eigenvalue weighted by Crippen LogP contribution is 2.34. The second-order valence-electron chi connectivity index (χ2n) is 4.12. The van der Waals surface area contributed by atoms with Crippen LogP contribution in [0.15, 0.2) is 22.7 Å². The van der Waals surface area contributed by atoms with E-state index in [9.17, 15) is 18.0 Å². The molecular formula is C11H10Br2F3NO. The van der Waals surface area contributed by atoms with E-state index >= 15 is 0 Å². The third kappa shape index (κ3) is 3.98. The van der Waals surface area contributed by atoms with Crippen LogP contribution in [0.3, 0.4) is 0 Å². The van der Waals surface area contributed by atoms with Crippen molar-refractivity contribution in [1.82, 2.24) is 0 Å². The Bertz CT molecular complexity index is 466. The van der Waals surface area contributed by atoms with Gasteiger partial charge in [0, 0.05) is 4.47 Å². The molecular weight excluding hydrogens is 379 g/mol. The van der Waals surface area contributed by atoms with Crippen molar-refractivity contribution in [1.29, 1.82) is 0 Å². The van der Waals surface area contributed by atoms with Gasteiger partial charge in [-0.25, -0.2) is 0 Å². The first-order valence-electron chi connectivity index (χ1n) is 4.89. The van der Waals surface area contributed by atoms with Gasteiger partial charge in [-0.2, -0.15) is 13.2 Å². The lowest BCUT2D eigenvalue weighted by atomic mass is 10.1. The van der Waals surface area contributed by atoms with Gasteiger partial charge in [0.05, 0.1) is 15.6 Å². The van der Waals surface area contributed by atoms with E-state index in [0.29, 0.717) is 4.47 Å². The quantitative estimate of drug-likeness (QED) is 0.738. The largest absolute Gasteiger partial charge is 0.416 e. The smallest absolute Gasteiger partial charge is 0.324 e. The molecule has 0 aromatic heterocycles. The molecule has 0 spiro atoms. The first-order valence-corrected chi connectivity index (χ1v) is 6.47. The Morgan fingerprint density at radius 2 is 1.83 bits per heavy atom. The average Bonchev–Trinajstić information content (AvgIpc) is 2.18. The van der Waals surface area contributed by atoms with Crippen LogP contribution in [0.1, 0.15) is 19.4 Å². The number of carbonyl (C=O) groups excluding carboxylic acids is 1. The minimum absolute atomic E-state index is 0.0855. The van der Waals surface area contributed by atoms with Gasteiger partial charge in [0.2, 0.25) is 5.91 Å². The Balaban J connectivity index is 3.06. The molecule has 0 bridgehead atoms. The van der Waals surface area contributed by atoms with Gasteiger partial charge in [0.1, 0.15) is 0 Å². The molecule has 0 heterocycles. The van der Waals surface area contributed by atoms with Gasteiger partial charge in [-0.1, -0.05) is 15.9 Å². The molecule has 0 atom stereocenters. The highest BCUT2D eigenvalue weighted by atomic mass is 79.9. The van der Waals surface area contributed by atoms with Crippen LogP contribution in [-0.4, -0.2) is 10.2 Å². The Labute approximate surface area is 119 Å². The molecule has 1 rings (SSSR count). The number of hydrogen-bond donors (Lipinski definition) is 1. The average molecular weight is 389 g/mol. The molecule has 0 radical (unpaired) electrons. The number of carbonyl (C=O) groups is 1. The Morgan fingerprint density at radius 1 is 1.28 bits per heavy atom. The maximum Gasteiger partial charge on any atom is 0.416 e. The molecule has 0 aliphatic carbocycles. The van der Waals surface area contributed by atoms with E-state index in [1.54, 1.807) is 13.8 Å². The molecule has 18 heavy (non-hydrogen) atoms. The van der Waals surface area contributed by atoms with Crippen molar-refractivity contribution < 1.29 is 18.0 Å². The number of benzene rings is 1. The number of amides is 1. The summed E-state index contributed by atoms with van der Waals surface area (Å²) in [7, 11) is 0. The highest BCUT2D eigenvalue weighted by Gasteiger charge is 2.31. The summed E-state index contributed by atoms with van der Waals surface area (Å²) in [5, 5.41) is 2.43. The Kier molecular flexibility index (Phi) is 4.48. The van der Waals surface area contributed by atoms with Crippen molar-refractivity contribution in [3.8, 4) is 0 Å². The third-order valence-corrected chi connectivity index (χ3v) is 3.13. The van der Waals surface area contributed by atoms with Gasteiger partial charge < -0.3 is 5.32 Å². The summed E-state index contributed by atoms with van der Waals surface area (Å²) in [6, 6.07) is 3.08. The van der Waals surface area contributed by atoms with E-state index in [0.717, 1.165) is 12.1 Å². The van der Waals surface area contributed by atoms with Crippen LogP contribution >= 0.6 is 31.9 Å². The van der Waals surface area contributed by atoms with Gasteiger partial charge in [0.15, 0.2) is 0 Å². The van der Waals surface area contributed by atoms with Crippen molar-refractivity contribution in [3.05, 3.63) is 28.2 Å². The van der Waals surface area contributed by atoms with Gasteiger partial charge in [-0.05, 0) is 48.0 Å². The molecule has 0 aliphatic heterocycles. The second-order valence-corrected chi connectivity index (χ2v) is 6.96. The molecule has 7 heteroatoms. The third-order valence-electron chi connectivity index (χ3n) is 2.08. The molecule has 2 nitrogen and oxygen atoms in total. The summed E-state index contributed by atoms with van der Waals surface area (Å²) < 4.78 is 37.1. The summed E-state index contributed by atoms with van der Waals surface area (Å²) in [6.07, 6.45) is -4.44. The van der Waals surface area contributed by atoms with Gasteiger partial charge in [-0.3, -0.25) is 4.79 Å². The number of anilines is 1. The number of nitrogens with one attached hydrogen (secondary N) is 1. The minimum atomic E-state index is -4.44. The Morgan fingerprint density at radius 3 is 2.28 bits per heavy atom. The van der Waals surface area contributed by atoms with Crippen LogP contribution in [0, 0.1) is 0 Å². The fourth-order valence-electron chi connectivity index (χ4n) is 1.07. The molecule has 0 saturated carbocycles. The topological polar surface area (TPSA) is 29.1 Å². The van der Waals surface area contributed by atoms with E-state index < -0.39 is 22.0 Å². The number of hydrogen-bond acceptors (Lipinski definition) is 1. The fourth-order valence-corrected chi connectivity index (χ4v) is 1.51. The summed E-state index contributed by atoms with van der Waals surface area (Å²) in [5.74, 6) is -0.428. The first kappa shape index (κ1) is 15.5. The normalized spacial score (nSPS) is 12.4. The van der Waals surface area contributed by atoms with E-state index in [2.05, 4.69) is 37.2 Å².